The van der Waals surface area contributed by atoms with Gasteiger partial charge in [-0.3, -0.25) is 0 Å². The van der Waals surface area contributed by atoms with Crippen molar-refractivity contribution in [3.8, 4) is 0 Å². The van der Waals surface area contributed by atoms with Crippen LogP contribution in [0.1, 0.15) is 0 Å². The highest BCUT2D eigenvalue weighted by Gasteiger charge is 1.93. The van der Waals surface area contributed by atoms with Crippen LogP contribution in [0.4, 0.5) is 5.69 Å². The van der Waals surface area contributed by atoms with Crippen molar-refractivity contribution < 1.29 is 4.74 Å². The number of nitrogens with one attached hydrogen (secondary N) is 3. The lowest BCUT2D eigenvalue weighted by Gasteiger charge is -2.10. The number of rotatable bonds is 3. The second kappa shape index (κ2) is 10.5. The summed E-state index contributed by atoms with van der Waals surface area (Å²) in [5, 5.41) is 9.81. The Morgan fingerprint density at radius 3 is 2.47 bits per heavy atom. The summed E-state index contributed by atoms with van der Waals surface area (Å²) in [6, 6.07) is 9.80. The average molecular weight is 279 g/mol. The first-order chi connectivity index (χ1) is 9.33. The molecule has 5 heteroatoms. The van der Waals surface area contributed by atoms with Gasteiger partial charge in [0.25, 0.3) is 0 Å². The lowest BCUT2D eigenvalue weighted by atomic mass is 10.3. The highest BCUT2D eigenvalue weighted by molar-refractivity contribution is 7.80. The van der Waals surface area contributed by atoms with Crippen molar-refractivity contribution in [2.75, 3.05) is 38.2 Å². The van der Waals surface area contributed by atoms with E-state index in [-0.39, 0.29) is 0 Å². The van der Waals surface area contributed by atoms with Crippen LogP contribution < -0.4 is 16.0 Å². The van der Waals surface area contributed by atoms with Crippen LogP contribution in [0.5, 0.6) is 0 Å². The maximum atomic E-state index is 5.03. The summed E-state index contributed by atoms with van der Waals surface area (Å²) < 4.78 is 5.01. The van der Waals surface area contributed by atoms with E-state index in [1.807, 2.05) is 30.3 Å². The fourth-order valence-corrected chi connectivity index (χ4v) is 1.58. The van der Waals surface area contributed by atoms with Gasteiger partial charge < -0.3 is 20.7 Å². The van der Waals surface area contributed by atoms with E-state index in [2.05, 4.69) is 22.5 Å². The van der Waals surface area contributed by atoms with Crippen molar-refractivity contribution in [1.29, 1.82) is 0 Å². The molecule has 2 rings (SSSR count). The molecule has 0 unspecified atom stereocenters. The van der Waals surface area contributed by atoms with Crippen molar-refractivity contribution in [2.45, 2.75) is 0 Å². The summed E-state index contributed by atoms with van der Waals surface area (Å²) in [4.78, 5) is 0. The molecule has 1 aromatic carbocycles. The number of ether oxygens (including phenoxy) is 1. The van der Waals surface area contributed by atoms with E-state index in [0.717, 1.165) is 32.0 Å². The molecule has 4 nitrogen and oxygen atoms in total. The van der Waals surface area contributed by atoms with Gasteiger partial charge in [0.05, 0.1) is 13.2 Å². The number of benzene rings is 1. The van der Waals surface area contributed by atoms with Gasteiger partial charge in [-0.2, -0.15) is 0 Å². The molecule has 104 valence electrons. The highest BCUT2D eigenvalue weighted by atomic mass is 32.1. The summed E-state index contributed by atoms with van der Waals surface area (Å²) in [5.74, 6) is 0. The molecule has 1 aliphatic heterocycles. The maximum Gasteiger partial charge on any atom is 0.171 e. The molecule has 0 atom stereocenters. The zero-order chi connectivity index (χ0) is 13.8. The molecule has 1 heterocycles. The van der Waals surface area contributed by atoms with E-state index >= 15 is 0 Å². The van der Waals surface area contributed by atoms with E-state index in [0.29, 0.717) is 11.7 Å². The predicted octanol–water partition coefficient (Wildman–Crippen LogP) is 1.77. The monoisotopic (exact) mass is 279 g/mol. The Balaban J connectivity index is 0.000000250. The van der Waals surface area contributed by atoms with Gasteiger partial charge in [0.15, 0.2) is 5.11 Å². The van der Waals surface area contributed by atoms with Crippen LogP contribution in [0.3, 0.4) is 0 Å². The van der Waals surface area contributed by atoms with Crippen LogP contribution in [-0.4, -0.2) is 38.0 Å². The van der Waals surface area contributed by atoms with E-state index in [4.69, 9.17) is 17.0 Å². The topological polar surface area (TPSA) is 45.3 Å². The van der Waals surface area contributed by atoms with Crippen molar-refractivity contribution in [3.63, 3.8) is 0 Å². The highest BCUT2D eigenvalue weighted by Crippen LogP contribution is 2.03. The Morgan fingerprint density at radius 2 is 2.00 bits per heavy atom. The Morgan fingerprint density at radius 1 is 1.32 bits per heavy atom. The third kappa shape index (κ3) is 8.31. The molecule has 0 aliphatic carbocycles. The Bertz CT molecular complexity index is 355. The number of morpholine rings is 1. The van der Waals surface area contributed by atoms with E-state index < -0.39 is 0 Å². The number of hydrogen-bond acceptors (Lipinski definition) is 3. The molecular formula is C14H21N3OS. The van der Waals surface area contributed by atoms with Crippen LogP contribution in [0.25, 0.3) is 0 Å². The summed E-state index contributed by atoms with van der Waals surface area (Å²) >= 11 is 5.03. The fourth-order valence-electron chi connectivity index (χ4n) is 1.38. The summed E-state index contributed by atoms with van der Waals surface area (Å²) in [7, 11) is 0. The second-order valence-corrected chi connectivity index (χ2v) is 4.26. The van der Waals surface area contributed by atoms with Gasteiger partial charge in [-0.25, -0.2) is 0 Å². The number of hydrogen-bond donors (Lipinski definition) is 3. The molecule has 3 N–H and O–H groups in total. The lowest BCUT2D eigenvalue weighted by Crippen LogP contribution is -2.30. The molecule has 0 saturated carbocycles. The standard InChI is InChI=1S/C10H12N2S.C4H9NO/c1-2-8-11-10(13)12-9-6-4-3-5-7-9;1-3-6-4-2-5-1/h2-7H,1,8H2,(H2,11,12,13);5H,1-4H2. The normalized spacial score (nSPS) is 13.7. The van der Waals surface area contributed by atoms with Crippen LogP contribution in [0.2, 0.25) is 0 Å². The molecule has 0 radical (unpaired) electrons. The van der Waals surface area contributed by atoms with Gasteiger partial charge in [-0.05, 0) is 24.4 Å². The van der Waals surface area contributed by atoms with Gasteiger partial charge in [0.2, 0.25) is 0 Å². The molecule has 1 aromatic rings. The van der Waals surface area contributed by atoms with Crippen LogP contribution in [-0.2, 0) is 4.74 Å². The number of anilines is 1. The first-order valence-corrected chi connectivity index (χ1v) is 6.73. The Labute approximate surface area is 120 Å². The molecule has 1 fully saturated rings. The van der Waals surface area contributed by atoms with Gasteiger partial charge >= 0.3 is 0 Å². The zero-order valence-electron chi connectivity index (χ0n) is 11.0. The lowest BCUT2D eigenvalue weighted by molar-refractivity contribution is 0.109. The van der Waals surface area contributed by atoms with Gasteiger partial charge in [-0.1, -0.05) is 24.3 Å². The molecule has 0 aromatic heterocycles. The van der Waals surface area contributed by atoms with Gasteiger partial charge in [-0.15, -0.1) is 6.58 Å². The van der Waals surface area contributed by atoms with Crippen LogP contribution >= 0.6 is 12.2 Å². The van der Waals surface area contributed by atoms with Crippen molar-refractivity contribution in [3.05, 3.63) is 43.0 Å². The molecular weight excluding hydrogens is 258 g/mol. The minimum atomic E-state index is 0.617. The fraction of sp³-hybridized carbons (Fsp3) is 0.357. The molecule has 0 spiro atoms. The number of thiocarbonyl (C=S) groups is 1. The first-order valence-electron chi connectivity index (χ1n) is 6.32. The largest absolute Gasteiger partial charge is 0.379 e. The quantitative estimate of drug-likeness (QED) is 0.581. The first kappa shape index (κ1) is 15.6. The summed E-state index contributed by atoms with van der Waals surface area (Å²) in [5.41, 5.74) is 0.990. The Kier molecular flexibility index (Phi) is 8.63. The van der Waals surface area contributed by atoms with E-state index in [9.17, 15) is 0 Å². The van der Waals surface area contributed by atoms with Gasteiger partial charge in [0.1, 0.15) is 0 Å². The van der Waals surface area contributed by atoms with Crippen molar-refractivity contribution >= 4 is 23.0 Å². The summed E-state index contributed by atoms with van der Waals surface area (Å²) in [6.45, 7) is 8.10. The van der Waals surface area contributed by atoms with Crippen molar-refractivity contribution in [2.24, 2.45) is 0 Å². The Hall–Kier alpha value is -1.43. The summed E-state index contributed by atoms with van der Waals surface area (Å²) in [6.07, 6.45) is 1.76. The predicted molar refractivity (Wildman–Crippen MR) is 84.6 cm³/mol. The minimum Gasteiger partial charge on any atom is -0.379 e. The SMILES string of the molecule is C1COCCN1.C=CCNC(=S)Nc1ccccc1. The third-order valence-electron chi connectivity index (χ3n) is 2.28. The molecule has 1 aliphatic rings. The molecule has 1 saturated heterocycles. The number of para-hydroxylation sites is 1. The molecule has 0 amide bonds. The van der Waals surface area contributed by atoms with Gasteiger partial charge in [0, 0.05) is 25.3 Å². The zero-order valence-corrected chi connectivity index (χ0v) is 11.8. The van der Waals surface area contributed by atoms with Crippen LogP contribution in [0.15, 0.2) is 43.0 Å². The van der Waals surface area contributed by atoms with Crippen molar-refractivity contribution in [1.82, 2.24) is 10.6 Å². The molecule has 19 heavy (non-hydrogen) atoms. The smallest absolute Gasteiger partial charge is 0.171 e. The second-order valence-electron chi connectivity index (χ2n) is 3.85. The average Bonchev–Trinajstić information content (AvgIpc) is 2.49. The maximum absolute atomic E-state index is 5.03. The molecule has 0 bridgehead atoms. The van der Waals surface area contributed by atoms with E-state index in [1.165, 1.54) is 0 Å². The van der Waals surface area contributed by atoms with Crippen LogP contribution in [0, 0.1) is 0 Å². The van der Waals surface area contributed by atoms with E-state index in [1.54, 1.807) is 6.08 Å². The third-order valence-corrected chi connectivity index (χ3v) is 2.53. The minimum absolute atomic E-state index is 0.617.